The molecule has 1 fully saturated rings. The second kappa shape index (κ2) is 7.01. The van der Waals surface area contributed by atoms with Gasteiger partial charge in [-0.2, -0.15) is 0 Å². The van der Waals surface area contributed by atoms with Crippen molar-refractivity contribution >= 4 is 17.7 Å². The van der Waals surface area contributed by atoms with Gasteiger partial charge < -0.3 is 9.73 Å². The molecular weight excluding hydrogens is 246 g/mol. The summed E-state index contributed by atoms with van der Waals surface area (Å²) in [7, 11) is 0. The van der Waals surface area contributed by atoms with E-state index in [0.29, 0.717) is 11.1 Å². The summed E-state index contributed by atoms with van der Waals surface area (Å²) < 4.78 is 5.45. The molecule has 0 spiro atoms. The smallest absolute Gasteiger partial charge is 0.193 e. The van der Waals surface area contributed by atoms with E-state index in [-0.39, 0.29) is 0 Å². The van der Waals surface area contributed by atoms with E-state index in [0.717, 1.165) is 18.8 Å². The van der Waals surface area contributed by atoms with Crippen molar-refractivity contribution in [3.05, 3.63) is 28.7 Å². The maximum Gasteiger partial charge on any atom is 0.193 e. The minimum Gasteiger partial charge on any atom is -0.445 e. The minimum absolute atomic E-state index is 0.465. The Morgan fingerprint density at radius 3 is 2.78 bits per heavy atom. The van der Waals surface area contributed by atoms with Crippen LogP contribution >= 0.6 is 11.6 Å². The second-order valence-corrected chi connectivity index (χ2v) is 5.35. The van der Waals surface area contributed by atoms with Crippen molar-refractivity contribution < 1.29 is 4.42 Å². The number of halogens is 1. The molecule has 0 amide bonds. The first kappa shape index (κ1) is 13.7. The van der Waals surface area contributed by atoms with Gasteiger partial charge in [-0.25, -0.2) is 0 Å². The molecule has 0 unspecified atom stereocenters. The Balaban J connectivity index is 2.10. The first-order valence-corrected chi connectivity index (χ1v) is 7.34. The summed E-state index contributed by atoms with van der Waals surface area (Å²) >= 11 is 5.82. The van der Waals surface area contributed by atoms with E-state index in [1.54, 1.807) is 6.07 Å². The predicted molar refractivity (Wildman–Crippen MR) is 76.8 cm³/mol. The van der Waals surface area contributed by atoms with E-state index in [9.17, 15) is 0 Å². The Morgan fingerprint density at radius 2 is 2.17 bits per heavy atom. The molecule has 0 aromatic carbocycles. The van der Waals surface area contributed by atoms with Crippen molar-refractivity contribution in [2.75, 3.05) is 13.1 Å². The normalized spacial score (nSPS) is 18.2. The standard InChI is InChI=1S/C15H22ClNO/c1-2-17-11-13(12-6-4-3-5-7-12)10-14-8-9-15(16)18-14/h8-10,12,17H,2-7,11H2,1H3. The fraction of sp³-hybridized carbons (Fsp3) is 0.600. The van der Waals surface area contributed by atoms with Crippen LogP contribution in [-0.4, -0.2) is 13.1 Å². The Bertz CT molecular complexity index is 391. The summed E-state index contributed by atoms with van der Waals surface area (Å²) in [5, 5.41) is 3.90. The molecule has 1 aliphatic rings. The first-order chi connectivity index (χ1) is 8.79. The Morgan fingerprint density at radius 1 is 1.39 bits per heavy atom. The van der Waals surface area contributed by atoms with Crippen molar-refractivity contribution in [2.24, 2.45) is 5.92 Å². The molecule has 100 valence electrons. The molecule has 18 heavy (non-hydrogen) atoms. The van der Waals surface area contributed by atoms with Gasteiger partial charge in [-0.1, -0.05) is 26.2 Å². The summed E-state index contributed by atoms with van der Waals surface area (Å²) in [6, 6.07) is 3.75. The lowest BCUT2D eigenvalue weighted by Gasteiger charge is -2.24. The summed E-state index contributed by atoms with van der Waals surface area (Å²) in [5.74, 6) is 1.58. The van der Waals surface area contributed by atoms with Gasteiger partial charge in [0, 0.05) is 6.54 Å². The third kappa shape index (κ3) is 3.89. The van der Waals surface area contributed by atoms with Gasteiger partial charge in [0.2, 0.25) is 0 Å². The highest BCUT2D eigenvalue weighted by atomic mass is 35.5. The maximum absolute atomic E-state index is 5.82. The first-order valence-electron chi connectivity index (χ1n) is 6.96. The summed E-state index contributed by atoms with van der Waals surface area (Å²) in [6.07, 6.45) is 8.89. The number of nitrogens with one attached hydrogen (secondary N) is 1. The van der Waals surface area contributed by atoms with Crippen LogP contribution in [0.5, 0.6) is 0 Å². The van der Waals surface area contributed by atoms with Gasteiger partial charge in [-0.05, 0) is 60.7 Å². The van der Waals surface area contributed by atoms with E-state index in [2.05, 4.69) is 18.3 Å². The highest BCUT2D eigenvalue weighted by Gasteiger charge is 2.17. The number of hydrogen-bond donors (Lipinski definition) is 1. The fourth-order valence-electron chi connectivity index (χ4n) is 2.64. The maximum atomic E-state index is 5.82. The molecule has 0 bridgehead atoms. The molecule has 2 rings (SSSR count). The van der Waals surface area contributed by atoms with Crippen molar-refractivity contribution in [3.63, 3.8) is 0 Å². The number of likely N-dealkylation sites (N-methyl/N-ethyl adjacent to an activating group) is 1. The van der Waals surface area contributed by atoms with Gasteiger partial charge in [0.25, 0.3) is 0 Å². The molecule has 1 N–H and O–H groups in total. The zero-order valence-corrected chi connectivity index (χ0v) is 11.8. The highest BCUT2D eigenvalue weighted by Crippen LogP contribution is 2.31. The van der Waals surface area contributed by atoms with Gasteiger partial charge in [0.1, 0.15) is 5.76 Å². The fourth-order valence-corrected chi connectivity index (χ4v) is 2.80. The molecule has 0 atom stereocenters. The van der Waals surface area contributed by atoms with Crippen LogP contribution in [0.15, 0.2) is 22.1 Å². The second-order valence-electron chi connectivity index (χ2n) is 4.98. The molecule has 3 heteroatoms. The average Bonchev–Trinajstić information content (AvgIpc) is 2.81. The van der Waals surface area contributed by atoms with Gasteiger partial charge in [-0.3, -0.25) is 0 Å². The van der Waals surface area contributed by atoms with Crippen molar-refractivity contribution in [1.29, 1.82) is 0 Å². The summed E-state index contributed by atoms with van der Waals surface area (Å²) in [5.41, 5.74) is 1.46. The third-order valence-electron chi connectivity index (χ3n) is 3.63. The van der Waals surface area contributed by atoms with E-state index >= 15 is 0 Å². The molecule has 0 aliphatic heterocycles. The van der Waals surface area contributed by atoms with Gasteiger partial charge in [-0.15, -0.1) is 0 Å². The average molecular weight is 268 g/mol. The van der Waals surface area contributed by atoms with E-state index < -0.39 is 0 Å². The van der Waals surface area contributed by atoms with Crippen LogP contribution in [0.4, 0.5) is 0 Å². The van der Waals surface area contributed by atoms with Crippen molar-refractivity contribution in [3.8, 4) is 0 Å². The quantitative estimate of drug-likeness (QED) is 0.849. The van der Waals surface area contributed by atoms with E-state index in [1.165, 1.54) is 37.7 Å². The molecule has 2 nitrogen and oxygen atoms in total. The van der Waals surface area contributed by atoms with Crippen LogP contribution in [0.3, 0.4) is 0 Å². The molecule has 1 heterocycles. The topological polar surface area (TPSA) is 25.2 Å². The lowest BCUT2D eigenvalue weighted by molar-refractivity contribution is 0.396. The van der Waals surface area contributed by atoms with Crippen LogP contribution in [0.25, 0.3) is 6.08 Å². The molecule has 0 saturated heterocycles. The summed E-state index contributed by atoms with van der Waals surface area (Å²) in [6.45, 7) is 4.10. The third-order valence-corrected chi connectivity index (χ3v) is 3.83. The zero-order chi connectivity index (χ0) is 12.8. The van der Waals surface area contributed by atoms with Gasteiger partial charge in [0.05, 0.1) is 0 Å². The van der Waals surface area contributed by atoms with Crippen LogP contribution in [0, 0.1) is 5.92 Å². The largest absolute Gasteiger partial charge is 0.445 e. The molecule has 1 aliphatic carbocycles. The Labute approximate surface area is 114 Å². The van der Waals surface area contributed by atoms with Gasteiger partial charge >= 0.3 is 0 Å². The molecule has 1 saturated carbocycles. The van der Waals surface area contributed by atoms with Crippen LogP contribution in [0.2, 0.25) is 5.22 Å². The lowest BCUT2D eigenvalue weighted by atomic mass is 9.83. The highest BCUT2D eigenvalue weighted by molar-refractivity contribution is 6.28. The Kier molecular flexibility index (Phi) is 5.33. The monoisotopic (exact) mass is 267 g/mol. The van der Waals surface area contributed by atoms with Crippen molar-refractivity contribution in [1.82, 2.24) is 5.32 Å². The number of furan rings is 1. The predicted octanol–water partition coefficient (Wildman–Crippen LogP) is 4.51. The van der Waals surface area contributed by atoms with Crippen LogP contribution < -0.4 is 5.32 Å². The Hall–Kier alpha value is -0.730. The van der Waals surface area contributed by atoms with Crippen LogP contribution in [-0.2, 0) is 0 Å². The summed E-state index contributed by atoms with van der Waals surface area (Å²) in [4.78, 5) is 0. The minimum atomic E-state index is 0.465. The molecule has 0 radical (unpaired) electrons. The lowest BCUT2D eigenvalue weighted by Crippen LogP contribution is -2.22. The SMILES string of the molecule is CCNCC(=Cc1ccc(Cl)o1)C1CCCCC1. The van der Waals surface area contributed by atoms with Gasteiger partial charge in [0.15, 0.2) is 5.22 Å². The zero-order valence-electron chi connectivity index (χ0n) is 11.0. The molecule has 1 aromatic rings. The number of hydrogen-bond acceptors (Lipinski definition) is 2. The number of rotatable bonds is 5. The van der Waals surface area contributed by atoms with E-state index in [4.69, 9.17) is 16.0 Å². The van der Waals surface area contributed by atoms with Crippen LogP contribution in [0.1, 0.15) is 44.8 Å². The molecular formula is C15H22ClNO. The van der Waals surface area contributed by atoms with Crippen molar-refractivity contribution in [2.45, 2.75) is 39.0 Å². The molecule has 1 aromatic heterocycles. The van der Waals surface area contributed by atoms with E-state index in [1.807, 2.05) is 6.07 Å².